The lowest BCUT2D eigenvalue weighted by Gasteiger charge is -2.21. The highest BCUT2D eigenvalue weighted by Crippen LogP contribution is 2.13. The van der Waals surface area contributed by atoms with Gasteiger partial charge in [0.1, 0.15) is 6.54 Å². The van der Waals surface area contributed by atoms with Gasteiger partial charge in [0.2, 0.25) is 0 Å². The topological polar surface area (TPSA) is 20.2 Å². The second-order valence-electron chi connectivity index (χ2n) is 8.12. The number of quaternary nitrogens is 1. The SMILES string of the molecule is CCCCCCCCCCCCCCCCP.C[N+](C)(C)CCO. The number of unbranched alkanes of at least 4 members (excludes halogenated alkanes) is 13. The van der Waals surface area contributed by atoms with Gasteiger partial charge in [0, 0.05) is 0 Å². The predicted octanol–water partition coefficient (Wildman–Crippen LogP) is 6.03. The van der Waals surface area contributed by atoms with Crippen LogP contribution in [0.3, 0.4) is 0 Å². The van der Waals surface area contributed by atoms with Crippen LogP contribution in [0.25, 0.3) is 0 Å². The molecule has 3 heteroatoms. The Labute approximate surface area is 156 Å². The van der Waals surface area contributed by atoms with E-state index in [2.05, 4.69) is 37.3 Å². The summed E-state index contributed by atoms with van der Waals surface area (Å²) in [5.74, 6) is 0. The van der Waals surface area contributed by atoms with Gasteiger partial charge >= 0.3 is 0 Å². The molecule has 0 aliphatic carbocycles. The molecule has 0 aromatic heterocycles. The number of likely N-dealkylation sites (N-methyl/N-ethyl adjacent to an activating group) is 1. The van der Waals surface area contributed by atoms with Gasteiger partial charge in [0.05, 0.1) is 27.7 Å². The Morgan fingerprint density at radius 3 is 1.17 bits per heavy atom. The second kappa shape index (κ2) is 21.4. The highest BCUT2D eigenvalue weighted by atomic mass is 31.0. The lowest BCUT2D eigenvalue weighted by atomic mass is 10.0. The smallest absolute Gasteiger partial charge is 0.101 e. The second-order valence-corrected chi connectivity index (χ2v) is 8.70. The molecule has 0 amide bonds. The zero-order chi connectivity index (χ0) is 18.5. The van der Waals surface area contributed by atoms with E-state index in [-0.39, 0.29) is 6.61 Å². The molecule has 0 spiro atoms. The summed E-state index contributed by atoms with van der Waals surface area (Å²) in [5.41, 5.74) is 0. The van der Waals surface area contributed by atoms with Crippen LogP contribution in [0, 0.1) is 0 Å². The van der Waals surface area contributed by atoms with E-state index in [9.17, 15) is 0 Å². The maximum absolute atomic E-state index is 8.39. The fraction of sp³-hybridized carbons (Fsp3) is 1.00. The largest absolute Gasteiger partial charge is 0.391 e. The summed E-state index contributed by atoms with van der Waals surface area (Å²) in [7, 11) is 8.98. The number of aliphatic hydroxyl groups excluding tert-OH is 1. The molecule has 0 aromatic carbocycles. The molecule has 0 bridgehead atoms. The van der Waals surface area contributed by atoms with Crippen molar-refractivity contribution in [3.8, 4) is 0 Å². The maximum Gasteiger partial charge on any atom is 0.101 e. The average Bonchev–Trinajstić information content (AvgIpc) is 2.51. The van der Waals surface area contributed by atoms with Crippen molar-refractivity contribution in [3.05, 3.63) is 0 Å². The number of aliphatic hydroxyl groups is 1. The Kier molecular flexibility index (Phi) is 23.7. The molecule has 0 aliphatic heterocycles. The monoisotopic (exact) mass is 362 g/mol. The van der Waals surface area contributed by atoms with Crippen molar-refractivity contribution in [2.45, 2.75) is 96.8 Å². The van der Waals surface area contributed by atoms with Crippen molar-refractivity contribution in [3.63, 3.8) is 0 Å². The van der Waals surface area contributed by atoms with Crippen LogP contribution in [0.5, 0.6) is 0 Å². The molecule has 2 nitrogen and oxygen atoms in total. The summed E-state index contributed by atoms with van der Waals surface area (Å²) in [4.78, 5) is 0. The molecule has 1 atom stereocenters. The molecule has 0 rings (SSSR count). The third-order valence-electron chi connectivity index (χ3n) is 4.33. The standard InChI is InChI=1S/C16H35P.C5H14NO/c1-2-3-4-5-6-7-8-9-10-11-12-13-14-15-16-17;1-6(2,3)4-5-7/h2-17H2,1H3;7H,4-5H2,1-3H3/q;+1. The van der Waals surface area contributed by atoms with E-state index in [0.29, 0.717) is 0 Å². The van der Waals surface area contributed by atoms with Gasteiger partial charge in [-0.2, -0.15) is 0 Å². The molecule has 0 fully saturated rings. The number of rotatable bonds is 16. The molecule has 0 saturated carbocycles. The molecular formula is C21H49NOP+. The first-order valence-electron chi connectivity index (χ1n) is 10.6. The Morgan fingerprint density at radius 2 is 0.958 bits per heavy atom. The van der Waals surface area contributed by atoms with Gasteiger partial charge in [-0.25, -0.2) is 0 Å². The highest BCUT2D eigenvalue weighted by Gasteiger charge is 2.02. The highest BCUT2D eigenvalue weighted by molar-refractivity contribution is 7.16. The first-order chi connectivity index (χ1) is 11.5. The first-order valence-corrected chi connectivity index (χ1v) is 11.4. The molecule has 148 valence electrons. The van der Waals surface area contributed by atoms with Crippen molar-refractivity contribution in [1.82, 2.24) is 0 Å². The molecule has 24 heavy (non-hydrogen) atoms. The molecule has 1 unspecified atom stereocenters. The van der Waals surface area contributed by atoms with Gasteiger partial charge < -0.3 is 9.59 Å². The number of hydrogen-bond acceptors (Lipinski definition) is 1. The fourth-order valence-electron chi connectivity index (χ4n) is 2.64. The lowest BCUT2D eigenvalue weighted by Crippen LogP contribution is -2.36. The van der Waals surface area contributed by atoms with Crippen LogP contribution in [-0.2, 0) is 0 Å². The summed E-state index contributed by atoms with van der Waals surface area (Å²) in [6, 6.07) is 0. The summed E-state index contributed by atoms with van der Waals surface area (Å²) in [5, 5.41) is 8.39. The lowest BCUT2D eigenvalue weighted by molar-refractivity contribution is -0.870. The Balaban J connectivity index is 0. The van der Waals surface area contributed by atoms with E-state index < -0.39 is 0 Å². The third-order valence-corrected chi connectivity index (χ3v) is 4.74. The molecule has 0 saturated heterocycles. The zero-order valence-corrected chi connectivity index (χ0v) is 18.6. The Bertz CT molecular complexity index is 202. The van der Waals surface area contributed by atoms with E-state index in [0.717, 1.165) is 11.0 Å². The van der Waals surface area contributed by atoms with E-state index >= 15 is 0 Å². The quantitative estimate of drug-likeness (QED) is 0.202. The van der Waals surface area contributed by atoms with Crippen LogP contribution in [-0.4, -0.2) is 50.0 Å². The van der Waals surface area contributed by atoms with Crippen LogP contribution in [0.15, 0.2) is 0 Å². The fourth-order valence-corrected chi connectivity index (χ4v) is 2.93. The Hall–Kier alpha value is 0.350. The number of hydrogen-bond donors (Lipinski definition) is 1. The third kappa shape index (κ3) is 30.3. The summed E-state index contributed by atoms with van der Waals surface area (Å²) < 4.78 is 0.844. The summed E-state index contributed by atoms with van der Waals surface area (Å²) in [6.07, 6.45) is 21.7. The van der Waals surface area contributed by atoms with Crippen molar-refractivity contribution in [1.29, 1.82) is 0 Å². The normalized spacial score (nSPS) is 11.2. The average molecular weight is 363 g/mol. The van der Waals surface area contributed by atoms with E-state index in [1.54, 1.807) is 0 Å². The molecule has 1 N–H and O–H groups in total. The maximum atomic E-state index is 8.39. The van der Waals surface area contributed by atoms with Crippen molar-refractivity contribution in [2.75, 3.05) is 40.5 Å². The van der Waals surface area contributed by atoms with Crippen LogP contribution in [0.4, 0.5) is 0 Å². The minimum absolute atomic E-state index is 0.281. The first kappa shape index (κ1) is 26.6. The summed E-state index contributed by atoms with van der Waals surface area (Å²) in [6.45, 7) is 3.41. The minimum atomic E-state index is 0.281. The molecule has 0 aliphatic rings. The molecule has 0 aromatic rings. The molecule has 0 radical (unpaired) electrons. The van der Waals surface area contributed by atoms with Crippen molar-refractivity contribution >= 4 is 9.24 Å². The van der Waals surface area contributed by atoms with Gasteiger partial charge in [-0.15, -0.1) is 9.24 Å². The molecule has 0 heterocycles. The van der Waals surface area contributed by atoms with Crippen LogP contribution in [0.2, 0.25) is 0 Å². The van der Waals surface area contributed by atoms with Gasteiger partial charge in [-0.3, -0.25) is 0 Å². The zero-order valence-electron chi connectivity index (χ0n) is 17.5. The predicted molar refractivity (Wildman–Crippen MR) is 115 cm³/mol. The number of nitrogens with zero attached hydrogens (tertiary/aromatic N) is 1. The van der Waals surface area contributed by atoms with Gasteiger partial charge in [0.15, 0.2) is 0 Å². The van der Waals surface area contributed by atoms with Crippen LogP contribution in [0.1, 0.15) is 96.8 Å². The van der Waals surface area contributed by atoms with E-state index in [1.807, 2.05) is 0 Å². The van der Waals surface area contributed by atoms with Gasteiger partial charge in [0.25, 0.3) is 0 Å². The summed E-state index contributed by atoms with van der Waals surface area (Å²) >= 11 is 0. The molecular weight excluding hydrogens is 313 g/mol. The van der Waals surface area contributed by atoms with Crippen LogP contribution >= 0.6 is 9.24 Å². The minimum Gasteiger partial charge on any atom is -0.391 e. The van der Waals surface area contributed by atoms with Gasteiger partial charge in [-0.05, 0) is 12.6 Å². The van der Waals surface area contributed by atoms with E-state index in [1.165, 1.54) is 96.1 Å². The van der Waals surface area contributed by atoms with Crippen molar-refractivity contribution in [2.24, 2.45) is 0 Å². The van der Waals surface area contributed by atoms with E-state index in [4.69, 9.17) is 5.11 Å². The van der Waals surface area contributed by atoms with Crippen molar-refractivity contribution < 1.29 is 9.59 Å². The van der Waals surface area contributed by atoms with Crippen LogP contribution < -0.4 is 0 Å². The van der Waals surface area contributed by atoms with Gasteiger partial charge in [-0.1, -0.05) is 90.4 Å². The Morgan fingerprint density at radius 1 is 0.625 bits per heavy atom.